The quantitative estimate of drug-likeness (QED) is 0.642. The van der Waals surface area contributed by atoms with E-state index in [9.17, 15) is 0 Å². The maximum Gasteiger partial charge on any atom is 0.197 e. The molecule has 0 unspecified atom stereocenters. The Bertz CT molecular complexity index is 525. The van der Waals surface area contributed by atoms with E-state index in [0.717, 1.165) is 40.0 Å². The summed E-state index contributed by atoms with van der Waals surface area (Å²) < 4.78 is 5.63. The second-order valence-electron chi connectivity index (χ2n) is 3.95. The number of nitrogens with two attached hydrogens (primary N) is 1. The minimum Gasteiger partial charge on any atom is -0.494 e. The van der Waals surface area contributed by atoms with Crippen LogP contribution in [0.3, 0.4) is 0 Å². The van der Waals surface area contributed by atoms with Crippen LogP contribution in [0.2, 0.25) is 0 Å². The van der Waals surface area contributed by atoms with Crippen molar-refractivity contribution >= 4 is 16.5 Å². The molecule has 0 atom stereocenters. The van der Waals surface area contributed by atoms with Gasteiger partial charge in [0.1, 0.15) is 5.75 Å². The Morgan fingerprint density at radius 1 is 1.44 bits per heavy atom. The van der Waals surface area contributed by atoms with Crippen LogP contribution in [0.1, 0.15) is 19.0 Å². The van der Waals surface area contributed by atoms with Crippen LogP contribution in [0.25, 0.3) is 10.4 Å². The molecule has 0 aliphatic carbocycles. The van der Waals surface area contributed by atoms with Gasteiger partial charge in [-0.3, -0.25) is 5.43 Å². The number of benzene rings is 1. The van der Waals surface area contributed by atoms with Crippen molar-refractivity contribution in [1.82, 2.24) is 4.98 Å². The molecule has 0 radical (unpaired) electrons. The smallest absolute Gasteiger partial charge is 0.197 e. The summed E-state index contributed by atoms with van der Waals surface area (Å²) in [5.74, 6) is 6.27. The predicted octanol–water partition coefficient (Wildman–Crippen LogP) is 3.19. The van der Waals surface area contributed by atoms with Gasteiger partial charge in [-0.15, -0.1) is 0 Å². The molecule has 0 amide bonds. The second-order valence-corrected chi connectivity index (χ2v) is 4.95. The zero-order valence-electron chi connectivity index (χ0n) is 10.6. The van der Waals surface area contributed by atoms with Crippen molar-refractivity contribution in [2.45, 2.75) is 20.3 Å². The number of hydrazine groups is 1. The van der Waals surface area contributed by atoms with Gasteiger partial charge in [-0.25, -0.2) is 10.8 Å². The Balaban J connectivity index is 2.29. The standard InChI is InChI=1S/C13H17N3OS/c1-3-7-17-11-6-4-5-10(8-11)12-9(2)15-13(16-14)18-12/h4-6,8H,3,7,14H2,1-2H3,(H,15,16). The summed E-state index contributed by atoms with van der Waals surface area (Å²) in [6.07, 6.45) is 1.01. The molecule has 0 aliphatic rings. The molecule has 0 bridgehead atoms. The maximum absolute atomic E-state index is 5.63. The fourth-order valence-electron chi connectivity index (χ4n) is 1.67. The van der Waals surface area contributed by atoms with Gasteiger partial charge in [0, 0.05) is 0 Å². The van der Waals surface area contributed by atoms with Gasteiger partial charge >= 0.3 is 0 Å². The molecule has 2 rings (SSSR count). The minimum atomic E-state index is 0.724. The van der Waals surface area contributed by atoms with Crippen LogP contribution >= 0.6 is 11.3 Å². The lowest BCUT2D eigenvalue weighted by atomic mass is 10.1. The molecular weight excluding hydrogens is 246 g/mol. The number of nitrogens with zero attached hydrogens (tertiary/aromatic N) is 1. The molecule has 0 saturated carbocycles. The molecule has 2 aromatic rings. The van der Waals surface area contributed by atoms with Crippen LogP contribution < -0.4 is 16.0 Å². The Hall–Kier alpha value is -1.59. The third-order valence-corrected chi connectivity index (χ3v) is 3.63. The molecule has 3 N–H and O–H groups in total. The van der Waals surface area contributed by atoms with Crippen LogP contribution in [0, 0.1) is 6.92 Å². The number of aryl methyl sites for hydroxylation is 1. The Morgan fingerprint density at radius 2 is 2.28 bits per heavy atom. The highest BCUT2D eigenvalue weighted by Gasteiger charge is 2.09. The Labute approximate surface area is 111 Å². The molecule has 0 spiro atoms. The molecule has 0 saturated heterocycles. The number of nitrogen functional groups attached to an aromatic ring is 1. The van der Waals surface area contributed by atoms with Crippen molar-refractivity contribution in [1.29, 1.82) is 0 Å². The van der Waals surface area contributed by atoms with Gasteiger partial charge in [0.15, 0.2) is 5.13 Å². The first-order valence-electron chi connectivity index (χ1n) is 5.92. The number of aromatic nitrogens is 1. The fraction of sp³-hybridized carbons (Fsp3) is 0.308. The first-order valence-corrected chi connectivity index (χ1v) is 6.73. The van der Waals surface area contributed by atoms with E-state index in [0.29, 0.717) is 0 Å². The van der Waals surface area contributed by atoms with E-state index in [4.69, 9.17) is 10.6 Å². The van der Waals surface area contributed by atoms with Gasteiger partial charge in [0.05, 0.1) is 17.2 Å². The summed E-state index contributed by atoms with van der Waals surface area (Å²) in [6, 6.07) is 8.06. The molecule has 0 fully saturated rings. The molecular formula is C13H17N3OS. The van der Waals surface area contributed by atoms with E-state index < -0.39 is 0 Å². The lowest BCUT2D eigenvalue weighted by Crippen LogP contribution is -2.05. The average molecular weight is 263 g/mol. The third kappa shape index (κ3) is 2.80. The topological polar surface area (TPSA) is 60.2 Å². The maximum atomic E-state index is 5.63. The van der Waals surface area contributed by atoms with Gasteiger partial charge < -0.3 is 4.74 Å². The van der Waals surface area contributed by atoms with Crippen molar-refractivity contribution in [3.8, 4) is 16.2 Å². The van der Waals surface area contributed by atoms with Crippen molar-refractivity contribution in [2.24, 2.45) is 5.84 Å². The molecule has 0 aliphatic heterocycles. The largest absolute Gasteiger partial charge is 0.494 e. The van der Waals surface area contributed by atoms with E-state index in [1.807, 2.05) is 25.1 Å². The molecule has 1 aromatic carbocycles. The number of rotatable bonds is 5. The molecule has 4 nitrogen and oxygen atoms in total. The highest BCUT2D eigenvalue weighted by atomic mass is 32.1. The van der Waals surface area contributed by atoms with Gasteiger partial charge in [-0.2, -0.15) is 0 Å². The molecule has 1 heterocycles. The summed E-state index contributed by atoms with van der Waals surface area (Å²) >= 11 is 1.54. The van der Waals surface area contributed by atoms with Crippen LogP contribution in [0.5, 0.6) is 5.75 Å². The zero-order valence-corrected chi connectivity index (χ0v) is 11.4. The van der Waals surface area contributed by atoms with Gasteiger partial charge in [-0.05, 0) is 31.0 Å². The number of hydrogen-bond donors (Lipinski definition) is 2. The molecule has 1 aromatic heterocycles. The van der Waals surface area contributed by atoms with Crippen molar-refractivity contribution in [3.05, 3.63) is 30.0 Å². The predicted molar refractivity (Wildman–Crippen MR) is 75.9 cm³/mol. The normalized spacial score (nSPS) is 10.4. The first kappa shape index (κ1) is 12.9. The summed E-state index contributed by atoms with van der Waals surface area (Å²) in [4.78, 5) is 5.45. The minimum absolute atomic E-state index is 0.724. The lowest BCUT2D eigenvalue weighted by Gasteiger charge is -2.06. The van der Waals surface area contributed by atoms with E-state index in [1.165, 1.54) is 0 Å². The van der Waals surface area contributed by atoms with Gasteiger partial charge in [0.25, 0.3) is 0 Å². The lowest BCUT2D eigenvalue weighted by molar-refractivity contribution is 0.317. The number of anilines is 1. The monoisotopic (exact) mass is 263 g/mol. The number of hydrogen-bond acceptors (Lipinski definition) is 5. The van der Waals surface area contributed by atoms with E-state index in [1.54, 1.807) is 11.3 Å². The first-order chi connectivity index (χ1) is 8.74. The molecule has 18 heavy (non-hydrogen) atoms. The van der Waals surface area contributed by atoms with Crippen LogP contribution in [-0.4, -0.2) is 11.6 Å². The fourth-order valence-corrected chi connectivity index (χ4v) is 2.55. The summed E-state index contributed by atoms with van der Waals surface area (Å²) in [5.41, 5.74) is 4.67. The summed E-state index contributed by atoms with van der Waals surface area (Å²) in [7, 11) is 0. The van der Waals surface area contributed by atoms with Crippen molar-refractivity contribution < 1.29 is 4.74 Å². The molecule has 96 valence electrons. The van der Waals surface area contributed by atoms with Gasteiger partial charge in [0.2, 0.25) is 0 Å². The van der Waals surface area contributed by atoms with Crippen LogP contribution in [0.15, 0.2) is 24.3 Å². The van der Waals surface area contributed by atoms with Gasteiger partial charge in [-0.1, -0.05) is 30.4 Å². The van der Waals surface area contributed by atoms with Crippen LogP contribution in [0.4, 0.5) is 5.13 Å². The second kappa shape index (κ2) is 5.84. The van der Waals surface area contributed by atoms with E-state index in [2.05, 4.69) is 23.4 Å². The average Bonchev–Trinajstić information content (AvgIpc) is 2.78. The van der Waals surface area contributed by atoms with Crippen molar-refractivity contribution in [3.63, 3.8) is 0 Å². The third-order valence-electron chi connectivity index (χ3n) is 2.49. The number of ether oxygens (including phenoxy) is 1. The zero-order chi connectivity index (χ0) is 13.0. The van der Waals surface area contributed by atoms with Crippen LogP contribution in [-0.2, 0) is 0 Å². The summed E-state index contributed by atoms with van der Waals surface area (Å²) in [5, 5.41) is 0.724. The highest BCUT2D eigenvalue weighted by molar-refractivity contribution is 7.19. The summed E-state index contributed by atoms with van der Waals surface area (Å²) in [6.45, 7) is 4.81. The number of thiazole rings is 1. The Kier molecular flexibility index (Phi) is 4.17. The number of nitrogens with one attached hydrogen (secondary N) is 1. The van der Waals surface area contributed by atoms with E-state index in [-0.39, 0.29) is 0 Å². The highest BCUT2D eigenvalue weighted by Crippen LogP contribution is 2.33. The van der Waals surface area contributed by atoms with E-state index >= 15 is 0 Å². The van der Waals surface area contributed by atoms with Crippen molar-refractivity contribution in [2.75, 3.05) is 12.0 Å². The molecule has 5 heteroatoms. The Morgan fingerprint density at radius 3 is 2.94 bits per heavy atom. The SMILES string of the molecule is CCCOc1cccc(-c2sc(NN)nc2C)c1.